The number of non-ortho nitro benzene ring substituents is 1. The van der Waals surface area contributed by atoms with E-state index in [1.54, 1.807) is 54.2 Å². The van der Waals surface area contributed by atoms with Crippen molar-refractivity contribution in [3.8, 4) is 16.9 Å². The zero-order chi connectivity index (χ0) is 20.9. The number of nitrogens with zero attached hydrogens (tertiary/aromatic N) is 4. The SMILES string of the molecule is Cn1c(=O)c2c(-c3cccc([N+](=O)[O-])c3)n(-c3cccc(N)c3)cc2n(C)c1=O. The number of fused-ring (bicyclic) bond motifs is 1. The minimum absolute atomic E-state index is 0.0994. The second-order valence-corrected chi connectivity index (χ2v) is 6.72. The number of nitrogens with two attached hydrogens (primary N) is 1. The molecule has 146 valence electrons. The van der Waals surface area contributed by atoms with E-state index in [2.05, 4.69) is 0 Å². The van der Waals surface area contributed by atoms with Crippen LogP contribution in [0.3, 0.4) is 0 Å². The summed E-state index contributed by atoms with van der Waals surface area (Å²) in [4.78, 5) is 36.2. The molecule has 0 aliphatic carbocycles. The summed E-state index contributed by atoms with van der Waals surface area (Å²) in [6, 6.07) is 13.1. The number of anilines is 1. The van der Waals surface area contributed by atoms with E-state index in [1.165, 1.54) is 23.7 Å². The highest BCUT2D eigenvalue weighted by Crippen LogP contribution is 2.33. The first-order chi connectivity index (χ1) is 13.8. The maximum Gasteiger partial charge on any atom is 0.330 e. The van der Waals surface area contributed by atoms with Crippen LogP contribution in [0, 0.1) is 10.1 Å². The molecule has 9 nitrogen and oxygen atoms in total. The van der Waals surface area contributed by atoms with Gasteiger partial charge in [-0.25, -0.2) is 4.79 Å². The van der Waals surface area contributed by atoms with Crippen LogP contribution < -0.4 is 17.0 Å². The van der Waals surface area contributed by atoms with E-state index in [1.807, 2.05) is 0 Å². The molecule has 4 aromatic rings. The number of nitro groups is 1. The number of hydrogen-bond donors (Lipinski definition) is 1. The second-order valence-electron chi connectivity index (χ2n) is 6.72. The summed E-state index contributed by atoms with van der Waals surface area (Å²) in [7, 11) is 2.98. The van der Waals surface area contributed by atoms with Crippen molar-refractivity contribution in [3.05, 3.63) is 85.7 Å². The van der Waals surface area contributed by atoms with Gasteiger partial charge in [0.15, 0.2) is 0 Å². The van der Waals surface area contributed by atoms with Crippen LogP contribution >= 0.6 is 0 Å². The van der Waals surface area contributed by atoms with Gasteiger partial charge in [-0.15, -0.1) is 0 Å². The fourth-order valence-corrected chi connectivity index (χ4v) is 3.47. The van der Waals surface area contributed by atoms with Crippen LogP contribution in [0.15, 0.2) is 64.3 Å². The van der Waals surface area contributed by atoms with Gasteiger partial charge in [-0.1, -0.05) is 18.2 Å². The number of benzene rings is 2. The van der Waals surface area contributed by atoms with Gasteiger partial charge in [0.05, 0.1) is 21.5 Å². The first-order valence-electron chi connectivity index (χ1n) is 8.71. The van der Waals surface area contributed by atoms with Crippen LogP contribution in [0.1, 0.15) is 0 Å². The number of nitrogen functional groups attached to an aromatic ring is 1. The largest absolute Gasteiger partial charge is 0.399 e. The van der Waals surface area contributed by atoms with Gasteiger partial charge in [0, 0.05) is 49.4 Å². The fourth-order valence-electron chi connectivity index (χ4n) is 3.47. The highest BCUT2D eigenvalue weighted by Gasteiger charge is 2.21. The van der Waals surface area contributed by atoms with Gasteiger partial charge in [0.2, 0.25) is 0 Å². The standard InChI is InChI=1S/C20H17N5O4/c1-22-16-11-24(14-7-4-6-13(21)10-14)18(17(16)19(26)23(2)20(22)27)12-5-3-8-15(9-12)25(28)29/h3-11H,21H2,1-2H3. The van der Waals surface area contributed by atoms with Crippen molar-refractivity contribution in [2.75, 3.05) is 5.73 Å². The third-order valence-electron chi connectivity index (χ3n) is 4.92. The molecule has 0 spiro atoms. The molecule has 9 heteroatoms. The Labute approximate surface area is 164 Å². The quantitative estimate of drug-likeness (QED) is 0.326. The van der Waals surface area contributed by atoms with Crippen molar-refractivity contribution in [2.24, 2.45) is 14.1 Å². The molecule has 0 amide bonds. The van der Waals surface area contributed by atoms with Gasteiger partial charge in [0.1, 0.15) is 0 Å². The molecular formula is C20H17N5O4. The normalized spacial score (nSPS) is 11.1. The zero-order valence-electron chi connectivity index (χ0n) is 15.7. The van der Waals surface area contributed by atoms with Gasteiger partial charge in [-0.2, -0.15) is 0 Å². The topological polar surface area (TPSA) is 118 Å². The highest BCUT2D eigenvalue weighted by molar-refractivity contribution is 5.95. The Kier molecular flexibility index (Phi) is 4.08. The number of aromatic nitrogens is 3. The van der Waals surface area contributed by atoms with Crippen molar-refractivity contribution in [1.82, 2.24) is 13.7 Å². The van der Waals surface area contributed by atoms with E-state index in [-0.39, 0.29) is 11.1 Å². The van der Waals surface area contributed by atoms with Crippen LogP contribution in [-0.4, -0.2) is 18.6 Å². The van der Waals surface area contributed by atoms with E-state index in [9.17, 15) is 19.7 Å². The Morgan fingerprint density at radius 3 is 2.41 bits per heavy atom. The molecule has 0 aliphatic rings. The Hall–Kier alpha value is -4.14. The van der Waals surface area contributed by atoms with E-state index < -0.39 is 16.2 Å². The lowest BCUT2D eigenvalue weighted by atomic mass is 10.1. The zero-order valence-corrected chi connectivity index (χ0v) is 15.7. The molecule has 0 fully saturated rings. The first kappa shape index (κ1) is 18.2. The lowest BCUT2D eigenvalue weighted by Crippen LogP contribution is -2.36. The Bertz CT molecular complexity index is 1410. The Morgan fingerprint density at radius 1 is 1.00 bits per heavy atom. The number of nitro benzene ring substituents is 1. The molecule has 2 heterocycles. The number of aryl methyl sites for hydroxylation is 1. The molecule has 4 rings (SSSR count). The molecule has 0 saturated carbocycles. The summed E-state index contributed by atoms with van der Waals surface area (Å²) in [5, 5.41) is 11.6. The fraction of sp³-hybridized carbons (Fsp3) is 0.100. The molecule has 0 atom stereocenters. The summed E-state index contributed by atoms with van der Waals surface area (Å²) in [5.41, 5.74) is 7.42. The van der Waals surface area contributed by atoms with Crippen LogP contribution in [0.25, 0.3) is 27.8 Å². The maximum atomic E-state index is 13.0. The average Bonchev–Trinajstić information content (AvgIpc) is 3.11. The van der Waals surface area contributed by atoms with Crippen LogP contribution in [0.5, 0.6) is 0 Å². The third kappa shape index (κ3) is 2.80. The number of rotatable bonds is 3. The smallest absolute Gasteiger partial charge is 0.330 e. The van der Waals surface area contributed by atoms with Crippen LogP contribution in [0.4, 0.5) is 11.4 Å². The summed E-state index contributed by atoms with van der Waals surface area (Å²) < 4.78 is 4.12. The Balaban J connectivity index is 2.20. The van der Waals surface area contributed by atoms with Crippen LogP contribution in [0.2, 0.25) is 0 Å². The van der Waals surface area contributed by atoms with Gasteiger partial charge < -0.3 is 10.3 Å². The van der Waals surface area contributed by atoms with Crippen molar-refractivity contribution >= 4 is 22.3 Å². The van der Waals surface area contributed by atoms with Crippen molar-refractivity contribution in [3.63, 3.8) is 0 Å². The van der Waals surface area contributed by atoms with Gasteiger partial charge in [-0.05, 0) is 18.2 Å². The van der Waals surface area contributed by atoms with E-state index in [0.717, 1.165) is 4.57 Å². The predicted octanol–water partition coefficient (Wildman–Crippen LogP) is 2.19. The maximum absolute atomic E-state index is 13.0. The van der Waals surface area contributed by atoms with E-state index >= 15 is 0 Å². The summed E-state index contributed by atoms with van der Waals surface area (Å²) in [5.74, 6) is 0. The highest BCUT2D eigenvalue weighted by atomic mass is 16.6. The average molecular weight is 391 g/mol. The van der Waals surface area contributed by atoms with Crippen molar-refractivity contribution in [2.45, 2.75) is 0 Å². The third-order valence-corrected chi connectivity index (χ3v) is 4.92. The second kappa shape index (κ2) is 6.48. The minimum atomic E-state index is -0.493. The molecule has 2 aromatic carbocycles. The molecular weight excluding hydrogens is 374 g/mol. The molecule has 0 unspecified atom stereocenters. The summed E-state index contributed by atoms with van der Waals surface area (Å²) in [6.45, 7) is 0. The van der Waals surface area contributed by atoms with Crippen LogP contribution in [-0.2, 0) is 14.1 Å². The molecule has 0 radical (unpaired) electrons. The van der Waals surface area contributed by atoms with Crippen molar-refractivity contribution < 1.29 is 4.92 Å². The summed E-state index contributed by atoms with van der Waals surface area (Å²) >= 11 is 0. The monoisotopic (exact) mass is 391 g/mol. The van der Waals surface area contributed by atoms with Gasteiger partial charge in [-0.3, -0.25) is 24.0 Å². The van der Waals surface area contributed by atoms with E-state index in [4.69, 9.17) is 5.73 Å². The lowest BCUT2D eigenvalue weighted by Gasteiger charge is -2.10. The lowest BCUT2D eigenvalue weighted by molar-refractivity contribution is -0.384. The molecule has 29 heavy (non-hydrogen) atoms. The predicted molar refractivity (Wildman–Crippen MR) is 110 cm³/mol. The molecule has 2 N–H and O–H groups in total. The van der Waals surface area contributed by atoms with E-state index in [0.29, 0.717) is 28.1 Å². The van der Waals surface area contributed by atoms with Gasteiger partial charge >= 0.3 is 5.69 Å². The molecule has 0 saturated heterocycles. The first-order valence-corrected chi connectivity index (χ1v) is 8.71. The minimum Gasteiger partial charge on any atom is -0.399 e. The summed E-state index contributed by atoms with van der Waals surface area (Å²) in [6.07, 6.45) is 1.67. The molecule has 2 aromatic heterocycles. The molecule has 0 bridgehead atoms. The molecule has 0 aliphatic heterocycles. The van der Waals surface area contributed by atoms with Crippen molar-refractivity contribution in [1.29, 1.82) is 0 Å². The number of hydrogen-bond acceptors (Lipinski definition) is 5. The van der Waals surface area contributed by atoms with Gasteiger partial charge in [0.25, 0.3) is 11.2 Å². The Morgan fingerprint density at radius 2 is 1.72 bits per heavy atom.